The second kappa shape index (κ2) is 8.88. The normalized spacial score (nSPS) is 22.9. The number of carbonyl (C=O) groups is 1. The van der Waals surface area contributed by atoms with Crippen molar-refractivity contribution in [2.45, 2.75) is 42.2 Å². The number of halogens is 1. The molecule has 8 heteroatoms. The fourth-order valence-electron chi connectivity index (χ4n) is 4.11. The van der Waals surface area contributed by atoms with Crippen LogP contribution in [-0.2, 0) is 24.1 Å². The maximum atomic E-state index is 13.4. The quantitative estimate of drug-likeness (QED) is 0.505. The summed E-state index contributed by atoms with van der Waals surface area (Å²) in [6, 6.07) is 4.83. The lowest BCUT2D eigenvalue weighted by atomic mass is 9.91. The summed E-state index contributed by atoms with van der Waals surface area (Å²) in [7, 11) is -3.82. The topological polar surface area (TPSA) is 72.9 Å². The Labute approximate surface area is 165 Å². The molecule has 2 fully saturated rings. The van der Waals surface area contributed by atoms with E-state index < -0.39 is 26.4 Å². The second-order valence-electron chi connectivity index (χ2n) is 7.65. The Morgan fingerprint density at radius 1 is 1.29 bits per heavy atom. The SMILES string of the molecule is CCOC(=O)CC1(S(=O)(=O)c2ccc(F)cc2)CCN(C[C@H]2CCOC2)CC1. The minimum absolute atomic E-state index is 0.0517. The molecule has 0 N–H and O–H groups in total. The Balaban J connectivity index is 1.80. The Morgan fingerprint density at radius 2 is 1.96 bits per heavy atom. The molecule has 2 aliphatic rings. The van der Waals surface area contributed by atoms with Gasteiger partial charge >= 0.3 is 5.97 Å². The molecule has 2 saturated heterocycles. The van der Waals surface area contributed by atoms with E-state index in [0.29, 0.717) is 31.8 Å². The zero-order chi connectivity index (χ0) is 20.2. The molecule has 6 nitrogen and oxygen atoms in total. The van der Waals surface area contributed by atoms with Gasteiger partial charge in [0.2, 0.25) is 0 Å². The molecule has 1 aromatic rings. The van der Waals surface area contributed by atoms with Gasteiger partial charge in [-0.05, 0) is 69.5 Å². The molecule has 2 heterocycles. The monoisotopic (exact) mass is 413 g/mol. The molecule has 156 valence electrons. The number of esters is 1. The van der Waals surface area contributed by atoms with E-state index in [2.05, 4.69) is 4.90 Å². The highest BCUT2D eigenvalue weighted by atomic mass is 32.2. The predicted octanol–water partition coefficient (Wildman–Crippen LogP) is 2.42. The van der Waals surface area contributed by atoms with E-state index in [1.807, 2.05) is 0 Å². The van der Waals surface area contributed by atoms with Crippen LogP contribution >= 0.6 is 0 Å². The molecule has 0 spiro atoms. The van der Waals surface area contributed by atoms with E-state index in [1.165, 1.54) is 12.1 Å². The number of likely N-dealkylation sites (tertiary alicyclic amines) is 1. The third-order valence-electron chi connectivity index (χ3n) is 5.77. The van der Waals surface area contributed by atoms with E-state index in [4.69, 9.17) is 9.47 Å². The zero-order valence-corrected chi connectivity index (χ0v) is 17.0. The van der Waals surface area contributed by atoms with Crippen LogP contribution in [0.2, 0.25) is 0 Å². The molecule has 1 atom stereocenters. The fourth-order valence-corrected chi connectivity index (χ4v) is 6.14. The van der Waals surface area contributed by atoms with Crippen LogP contribution in [0.5, 0.6) is 0 Å². The first-order chi connectivity index (χ1) is 13.4. The van der Waals surface area contributed by atoms with Gasteiger partial charge < -0.3 is 14.4 Å². The first-order valence-corrected chi connectivity index (χ1v) is 11.3. The summed E-state index contributed by atoms with van der Waals surface area (Å²) < 4.78 is 49.4. The summed E-state index contributed by atoms with van der Waals surface area (Å²) in [6.45, 7) is 5.51. The molecular formula is C20H28FNO5S. The van der Waals surface area contributed by atoms with Gasteiger partial charge in [-0.15, -0.1) is 0 Å². The van der Waals surface area contributed by atoms with Crippen LogP contribution in [0, 0.1) is 11.7 Å². The fraction of sp³-hybridized carbons (Fsp3) is 0.650. The Bertz CT molecular complexity index is 766. The number of nitrogens with zero attached hydrogens (tertiary/aromatic N) is 1. The van der Waals surface area contributed by atoms with E-state index in [-0.39, 0.29) is 17.9 Å². The van der Waals surface area contributed by atoms with Crippen LogP contribution < -0.4 is 0 Å². The standard InChI is InChI=1S/C20H28FNO5S/c1-2-27-19(23)13-20(28(24,25)18-5-3-17(21)4-6-18)8-10-22(11-9-20)14-16-7-12-26-15-16/h3-6,16H,2,7-15H2,1H3/t16-/m1/s1. The van der Waals surface area contributed by atoms with Crippen LogP contribution in [-0.4, -0.2) is 63.5 Å². The molecular weight excluding hydrogens is 385 g/mol. The van der Waals surface area contributed by atoms with Gasteiger partial charge in [-0.3, -0.25) is 4.79 Å². The van der Waals surface area contributed by atoms with Crippen molar-refractivity contribution in [2.24, 2.45) is 5.92 Å². The average Bonchev–Trinajstić information content (AvgIpc) is 3.17. The van der Waals surface area contributed by atoms with E-state index in [1.54, 1.807) is 6.92 Å². The third-order valence-corrected chi connectivity index (χ3v) is 8.36. The lowest BCUT2D eigenvalue weighted by Gasteiger charge is -2.41. The number of hydrogen-bond acceptors (Lipinski definition) is 6. The highest BCUT2D eigenvalue weighted by Crippen LogP contribution is 2.39. The molecule has 0 bridgehead atoms. The summed E-state index contributed by atoms with van der Waals surface area (Å²) in [6.07, 6.45) is 1.54. The summed E-state index contributed by atoms with van der Waals surface area (Å²) in [5, 5.41) is 0. The number of piperidine rings is 1. The molecule has 0 saturated carbocycles. The van der Waals surface area contributed by atoms with Gasteiger partial charge in [0.15, 0.2) is 9.84 Å². The maximum Gasteiger partial charge on any atom is 0.307 e. The third kappa shape index (κ3) is 4.55. The van der Waals surface area contributed by atoms with Crippen LogP contribution in [0.4, 0.5) is 4.39 Å². The van der Waals surface area contributed by atoms with E-state index in [9.17, 15) is 17.6 Å². The summed E-state index contributed by atoms with van der Waals surface area (Å²) in [5.74, 6) is -0.524. The number of ether oxygens (including phenoxy) is 2. The molecule has 3 rings (SSSR count). The van der Waals surface area contributed by atoms with E-state index >= 15 is 0 Å². The Morgan fingerprint density at radius 3 is 2.54 bits per heavy atom. The molecule has 2 aliphatic heterocycles. The van der Waals surface area contributed by atoms with Gasteiger partial charge in [0.05, 0.1) is 29.3 Å². The Hall–Kier alpha value is -1.51. The van der Waals surface area contributed by atoms with Crippen molar-refractivity contribution in [1.29, 1.82) is 0 Å². The van der Waals surface area contributed by atoms with Crippen LogP contribution in [0.15, 0.2) is 29.2 Å². The van der Waals surface area contributed by atoms with E-state index in [0.717, 1.165) is 38.3 Å². The van der Waals surface area contributed by atoms with Crippen LogP contribution in [0.1, 0.15) is 32.6 Å². The van der Waals surface area contributed by atoms with Gasteiger partial charge in [-0.2, -0.15) is 0 Å². The lowest BCUT2D eigenvalue weighted by molar-refractivity contribution is -0.144. The number of carbonyl (C=O) groups excluding carboxylic acids is 1. The molecule has 1 aromatic carbocycles. The van der Waals surface area contributed by atoms with Crippen molar-refractivity contribution in [3.8, 4) is 0 Å². The number of benzene rings is 1. The highest BCUT2D eigenvalue weighted by molar-refractivity contribution is 7.92. The maximum absolute atomic E-state index is 13.4. The smallest absolute Gasteiger partial charge is 0.307 e. The first-order valence-electron chi connectivity index (χ1n) is 9.82. The van der Waals surface area contributed by atoms with Crippen molar-refractivity contribution in [2.75, 3.05) is 39.5 Å². The van der Waals surface area contributed by atoms with Crippen LogP contribution in [0.25, 0.3) is 0 Å². The van der Waals surface area contributed by atoms with Crippen molar-refractivity contribution in [3.63, 3.8) is 0 Å². The van der Waals surface area contributed by atoms with Crippen LogP contribution in [0.3, 0.4) is 0 Å². The zero-order valence-electron chi connectivity index (χ0n) is 16.2. The van der Waals surface area contributed by atoms with Gasteiger partial charge in [-0.1, -0.05) is 0 Å². The van der Waals surface area contributed by atoms with Gasteiger partial charge in [0.25, 0.3) is 0 Å². The van der Waals surface area contributed by atoms with Crippen molar-refractivity contribution >= 4 is 15.8 Å². The first kappa shape index (κ1) is 21.2. The van der Waals surface area contributed by atoms with Crippen molar-refractivity contribution in [1.82, 2.24) is 4.90 Å². The van der Waals surface area contributed by atoms with Gasteiger partial charge in [0, 0.05) is 13.2 Å². The summed E-state index contributed by atoms with van der Waals surface area (Å²) >= 11 is 0. The predicted molar refractivity (Wildman–Crippen MR) is 102 cm³/mol. The average molecular weight is 414 g/mol. The van der Waals surface area contributed by atoms with Gasteiger partial charge in [-0.25, -0.2) is 12.8 Å². The van der Waals surface area contributed by atoms with Gasteiger partial charge in [0.1, 0.15) is 5.82 Å². The molecule has 0 unspecified atom stereocenters. The van der Waals surface area contributed by atoms with Crippen molar-refractivity contribution < 1.29 is 27.1 Å². The molecule has 0 aromatic heterocycles. The second-order valence-corrected chi connectivity index (χ2v) is 10.00. The minimum Gasteiger partial charge on any atom is -0.466 e. The highest BCUT2D eigenvalue weighted by Gasteiger charge is 2.48. The minimum atomic E-state index is -3.82. The summed E-state index contributed by atoms with van der Waals surface area (Å²) in [5.41, 5.74) is 0. The largest absolute Gasteiger partial charge is 0.466 e. The number of sulfone groups is 1. The molecule has 0 aliphatic carbocycles. The summed E-state index contributed by atoms with van der Waals surface area (Å²) in [4.78, 5) is 14.5. The Kier molecular flexibility index (Phi) is 6.73. The number of hydrogen-bond donors (Lipinski definition) is 0. The van der Waals surface area contributed by atoms with Crippen molar-refractivity contribution in [3.05, 3.63) is 30.1 Å². The lowest BCUT2D eigenvalue weighted by Crippen LogP contribution is -2.51. The molecule has 28 heavy (non-hydrogen) atoms. The molecule has 0 radical (unpaired) electrons. The molecule has 0 amide bonds. The number of rotatable bonds is 7.